The van der Waals surface area contributed by atoms with Gasteiger partial charge in [-0.25, -0.2) is 0 Å². The van der Waals surface area contributed by atoms with Crippen molar-refractivity contribution in [2.75, 3.05) is 20.6 Å². The van der Waals surface area contributed by atoms with Crippen LogP contribution in [0.5, 0.6) is 0 Å². The molecular weight excluding hydrogens is 210 g/mol. The molecule has 2 nitrogen and oxygen atoms in total. The highest BCUT2D eigenvalue weighted by Crippen LogP contribution is 2.44. The molecule has 94 valence electrons. The number of fused-ring (bicyclic) bond motifs is 1. The Hall–Kier alpha value is -0.860. The second-order valence-electron chi connectivity index (χ2n) is 5.65. The predicted octanol–water partition coefficient (Wildman–Crippen LogP) is 3.33. The van der Waals surface area contributed by atoms with Crippen molar-refractivity contribution in [3.63, 3.8) is 0 Å². The van der Waals surface area contributed by atoms with E-state index in [9.17, 15) is 0 Å². The van der Waals surface area contributed by atoms with E-state index in [-0.39, 0.29) is 11.7 Å². The van der Waals surface area contributed by atoms with Gasteiger partial charge < -0.3 is 9.64 Å². The van der Waals surface area contributed by atoms with Crippen molar-refractivity contribution >= 4 is 0 Å². The van der Waals surface area contributed by atoms with E-state index in [1.807, 2.05) is 0 Å². The number of ether oxygens (including phenoxy) is 1. The lowest BCUT2D eigenvalue weighted by Crippen LogP contribution is -2.17. The number of rotatable bonds is 4. The van der Waals surface area contributed by atoms with Crippen LogP contribution in [0, 0.1) is 0 Å². The van der Waals surface area contributed by atoms with Gasteiger partial charge in [0.05, 0.1) is 11.7 Å². The van der Waals surface area contributed by atoms with Crippen molar-refractivity contribution in [1.29, 1.82) is 0 Å². The van der Waals surface area contributed by atoms with Gasteiger partial charge in [0.15, 0.2) is 0 Å². The molecule has 0 amide bonds. The van der Waals surface area contributed by atoms with E-state index < -0.39 is 0 Å². The highest BCUT2D eigenvalue weighted by molar-refractivity contribution is 5.36. The van der Waals surface area contributed by atoms with Gasteiger partial charge in [0.2, 0.25) is 0 Å². The topological polar surface area (TPSA) is 12.5 Å². The molecule has 0 fully saturated rings. The van der Waals surface area contributed by atoms with Gasteiger partial charge in [0.25, 0.3) is 0 Å². The first-order valence-electron chi connectivity index (χ1n) is 6.42. The Balaban J connectivity index is 2.07. The minimum Gasteiger partial charge on any atom is -0.363 e. The number of benzene rings is 1. The van der Waals surface area contributed by atoms with Crippen LogP contribution in [0.1, 0.15) is 43.9 Å². The normalized spacial score (nSPS) is 21.8. The van der Waals surface area contributed by atoms with Crippen LogP contribution >= 0.6 is 0 Å². The van der Waals surface area contributed by atoms with E-state index in [0.717, 1.165) is 13.0 Å². The zero-order valence-electron chi connectivity index (χ0n) is 11.4. The summed E-state index contributed by atoms with van der Waals surface area (Å²) in [6.45, 7) is 5.46. The maximum absolute atomic E-state index is 6.18. The van der Waals surface area contributed by atoms with Crippen molar-refractivity contribution in [3.05, 3.63) is 35.4 Å². The largest absolute Gasteiger partial charge is 0.363 e. The fourth-order valence-electron chi connectivity index (χ4n) is 2.62. The summed E-state index contributed by atoms with van der Waals surface area (Å²) < 4.78 is 6.18. The predicted molar refractivity (Wildman–Crippen MR) is 71.1 cm³/mol. The highest BCUT2D eigenvalue weighted by Gasteiger charge is 2.36. The number of nitrogens with zero attached hydrogens (tertiary/aromatic N) is 1. The van der Waals surface area contributed by atoms with Gasteiger partial charge in [-0.15, -0.1) is 0 Å². The molecule has 0 aromatic heterocycles. The summed E-state index contributed by atoms with van der Waals surface area (Å²) in [5, 5.41) is 0. The first-order valence-corrected chi connectivity index (χ1v) is 6.42. The maximum atomic E-state index is 6.18. The van der Waals surface area contributed by atoms with Crippen molar-refractivity contribution in [2.24, 2.45) is 0 Å². The third-order valence-corrected chi connectivity index (χ3v) is 3.46. The van der Waals surface area contributed by atoms with Gasteiger partial charge in [-0.05, 0) is 58.5 Å². The summed E-state index contributed by atoms with van der Waals surface area (Å²) in [6, 6.07) is 8.63. The molecule has 0 saturated carbocycles. The highest BCUT2D eigenvalue weighted by atomic mass is 16.5. The van der Waals surface area contributed by atoms with Crippen LogP contribution < -0.4 is 0 Å². The monoisotopic (exact) mass is 233 g/mol. The van der Waals surface area contributed by atoms with Crippen LogP contribution in [0.15, 0.2) is 24.3 Å². The minimum atomic E-state index is -0.126. The molecule has 0 radical (unpaired) electrons. The summed E-state index contributed by atoms with van der Waals surface area (Å²) in [6.07, 6.45) is 2.57. The van der Waals surface area contributed by atoms with Crippen LogP contribution in [0.25, 0.3) is 0 Å². The Morgan fingerprint density at radius 2 is 1.94 bits per heavy atom. The molecule has 0 N–H and O–H groups in total. The fourth-order valence-corrected chi connectivity index (χ4v) is 2.62. The molecule has 1 aliphatic rings. The zero-order chi connectivity index (χ0) is 12.5. The van der Waals surface area contributed by atoms with E-state index in [1.54, 1.807) is 0 Å². The van der Waals surface area contributed by atoms with E-state index in [0.29, 0.717) is 0 Å². The van der Waals surface area contributed by atoms with Crippen LogP contribution in [-0.4, -0.2) is 25.5 Å². The first kappa shape index (κ1) is 12.6. The smallest absolute Gasteiger partial charge is 0.0887 e. The van der Waals surface area contributed by atoms with Gasteiger partial charge in [0, 0.05) is 0 Å². The molecule has 1 atom stereocenters. The Bertz CT molecular complexity index is 384. The van der Waals surface area contributed by atoms with Gasteiger partial charge >= 0.3 is 0 Å². The van der Waals surface area contributed by atoms with Crippen LogP contribution in [-0.2, 0) is 10.3 Å². The lowest BCUT2D eigenvalue weighted by molar-refractivity contribution is -0.0562. The van der Waals surface area contributed by atoms with E-state index in [1.165, 1.54) is 17.5 Å². The van der Waals surface area contributed by atoms with Crippen molar-refractivity contribution in [3.8, 4) is 0 Å². The molecule has 17 heavy (non-hydrogen) atoms. The molecule has 0 spiro atoms. The summed E-state index contributed by atoms with van der Waals surface area (Å²) in [4.78, 5) is 2.23. The lowest BCUT2D eigenvalue weighted by Gasteiger charge is -2.21. The minimum absolute atomic E-state index is 0.126. The average Bonchev–Trinajstić information content (AvgIpc) is 2.51. The lowest BCUT2D eigenvalue weighted by atomic mass is 9.94. The summed E-state index contributed by atoms with van der Waals surface area (Å²) in [7, 11) is 4.24. The first-order chi connectivity index (χ1) is 8.00. The molecule has 0 aliphatic carbocycles. The zero-order valence-corrected chi connectivity index (χ0v) is 11.4. The fraction of sp³-hybridized carbons (Fsp3) is 0.600. The second kappa shape index (κ2) is 4.79. The van der Waals surface area contributed by atoms with E-state index in [2.05, 4.69) is 57.1 Å². The number of hydrogen-bond acceptors (Lipinski definition) is 2. The van der Waals surface area contributed by atoms with Gasteiger partial charge in [-0.1, -0.05) is 24.3 Å². The SMILES string of the molecule is CN(C)CCCC1OC(C)(C)c2ccccc21. The molecule has 2 rings (SSSR count). The van der Waals surface area contributed by atoms with E-state index in [4.69, 9.17) is 4.74 Å². The van der Waals surface area contributed by atoms with Gasteiger partial charge in [0.1, 0.15) is 0 Å². The molecular formula is C15H23NO. The Morgan fingerprint density at radius 1 is 1.24 bits per heavy atom. The quantitative estimate of drug-likeness (QED) is 0.791. The van der Waals surface area contributed by atoms with Crippen LogP contribution in [0.2, 0.25) is 0 Å². The Kier molecular flexibility index (Phi) is 3.55. The third kappa shape index (κ3) is 2.70. The molecule has 0 saturated heterocycles. The average molecular weight is 233 g/mol. The van der Waals surface area contributed by atoms with Crippen molar-refractivity contribution in [1.82, 2.24) is 4.90 Å². The van der Waals surface area contributed by atoms with Crippen LogP contribution in [0.3, 0.4) is 0 Å². The van der Waals surface area contributed by atoms with Crippen molar-refractivity contribution in [2.45, 2.75) is 38.4 Å². The van der Waals surface area contributed by atoms with Gasteiger partial charge in [-0.3, -0.25) is 0 Å². The maximum Gasteiger partial charge on any atom is 0.0887 e. The third-order valence-electron chi connectivity index (χ3n) is 3.46. The Morgan fingerprint density at radius 3 is 2.65 bits per heavy atom. The molecule has 1 aliphatic heterocycles. The molecule has 1 aromatic carbocycles. The van der Waals surface area contributed by atoms with Crippen LogP contribution in [0.4, 0.5) is 0 Å². The van der Waals surface area contributed by atoms with Crippen molar-refractivity contribution < 1.29 is 4.74 Å². The van der Waals surface area contributed by atoms with E-state index >= 15 is 0 Å². The number of hydrogen-bond donors (Lipinski definition) is 0. The molecule has 1 unspecified atom stereocenters. The standard InChI is InChI=1S/C15H23NO/c1-15(2)13-9-6-5-8-12(13)14(17-15)10-7-11-16(3)4/h5-6,8-9,14H,7,10-11H2,1-4H3. The molecule has 2 heteroatoms. The second-order valence-corrected chi connectivity index (χ2v) is 5.65. The molecule has 1 heterocycles. The molecule has 0 bridgehead atoms. The summed E-state index contributed by atoms with van der Waals surface area (Å²) in [5.74, 6) is 0. The summed E-state index contributed by atoms with van der Waals surface area (Å²) in [5.41, 5.74) is 2.62. The molecule has 1 aromatic rings. The summed E-state index contributed by atoms with van der Waals surface area (Å²) >= 11 is 0. The van der Waals surface area contributed by atoms with Gasteiger partial charge in [-0.2, -0.15) is 0 Å². The Labute approximate surface area is 105 Å².